The van der Waals surface area contributed by atoms with Crippen molar-refractivity contribution in [3.05, 3.63) is 134 Å². The Bertz CT molecular complexity index is 1810. The van der Waals surface area contributed by atoms with Gasteiger partial charge in [-0.3, -0.25) is 15.0 Å². The van der Waals surface area contributed by atoms with Crippen molar-refractivity contribution >= 4 is 21.8 Å². The monoisotopic (exact) mass is 486 g/mol. The molecule has 38 heavy (non-hydrogen) atoms. The van der Waals surface area contributed by atoms with Crippen molar-refractivity contribution in [1.29, 1.82) is 0 Å². The number of pyridine rings is 4. The van der Waals surface area contributed by atoms with Gasteiger partial charge in [0.1, 0.15) is 0 Å². The van der Waals surface area contributed by atoms with Crippen LogP contribution in [0.15, 0.2) is 134 Å². The average molecular weight is 487 g/mol. The lowest BCUT2D eigenvalue weighted by molar-refractivity contribution is 1.32. The molecule has 0 radical (unpaired) electrons. The van der Waals surface area contributed by atoms with Crippen LogP contribution in [0.3, 0.4) is 0 Å². The number of benzene rings is 3. The van der Waals surface area contributed by atoms with E-state index in [2.05, 4.69) is 99.9 Å². The number of hydrogen-bond acceptors (Lipinski definition) is 4. The molecular formula is C34H22N4. The zero-order valence-corrected chi connectivity index (χ0v) is 20.5. The molecule has 0 saturated heterocycles. The third-order valence-corrected chi connectivity index (χ3v) is 6.80. The van der Waals surface area contributed by atoms with Gasteiger partial charge in [0.25, 0.3) is 0 Å². The van der Waals surface area contributed by atoms with Crippen molar-refractivity contribution in [2.45, 2.75) is 0 Å². The van der Waals surface area contributed by atoms with Gasteiger partial charge in [0.15, 0.2) is 0 Å². The van der Waals surface area contributed by atoms with E-state index in [-0.39, 0.29) is 0 Å². The minimum absolute atomic E-state index is 0.920. The number of hydrogen-bond donors (Lipinski definition) is 0. The Morgan fingerprint density at radius 2 is 0.895 bits per heavy atom. The van der Waals surface area contributed by atoms with Crippen molar-refractivity contribution in [2.75, 3.05) is 0 Å². The van der Waals surface area contributed by atoms with Crippen LogP contribution in [0.2, 0.25) is 0 Å². The molecule has 0 spiro atoms. The molecule has 0 atom stereocenters. The molecule has 0 N–H and O–H groups in total. The third-order valence-electron chi connectivity index (χ3n) is 6.80. The van der Waals surface area contributed by atoms with Gasteiger partial charge in [-0.05, 0) is 71.8 Å². The zero-order chi connectivity index (χ0) is 25.3. The summed E-state index contributed by atoms with van der Waals surface area (Å²) in [5.41, 5.74) is 10.2. The van der Waals surface area contributed by atoms with Crippen molar-refractivity contribution in [3.63, 3.8) is 0 Å². The van der Waals surface area contributed by atoms with E-state index >= 15 is 0 Å². The highest BCUT2D eigenvalue weighted by atomic mass is 14.7. The molecule has 4 nitrogen and oxygen atoms in total. The fourth-order valence-corrected chi connectivity index (χ4v) is 4.83. The van der Waals surface area contributed by atoms with Crippen LogP contribution in [-0.2, 0) is 0 Å². The molecule has 0 amide bonds. The van der Waals surface area contributed by atoms with Gasteiger partial charge in [-0.1, -0.05) is 54.6 Å². The fourth-order valence-electron chi connectivity index (χ4n) is 4.83. The van der Waals surface area contributed by atoms with E-state index in [1.807, 2.05) is 48.9 Å². The highest BCUT2D eigenvalue weighted by molar-refractivity contribution is 5.87. The highest BCUT2D eigenvalue weighted by Crippen LogP contribution is 2.33. The van der Waals surface area contributed by atoms with Crippen molar-refractivity contribution in [1.82, 2.24) is 19.9 Å². The average Bonchev–Trinajstić information content (AvgIpc) is 3.01. The van der Waals surface area contributed by atoms with E-state index in [1.54, 1.807) is 0 Å². The number of rotatable bonds is 4. The Labute approximate surface area is 220 Å². The van der Waals surface area contributed by atoms with Gasteiger partial charge in [0.2, 0.25) is 0 Å². The maximum atomic E-state index is 5.13. The van der Waals surface area contributed by atoms with Crippen LogP contribution in [-0.4, -0.2) is 19.9 Å². The first-order valence-electron chi connectivity index (χ1n) is 12.5. The predicted molar refractivity (Wildman–Crippen MR) is 154 cm³/mol. The van der Waals surface area contributed by atoms with Gasteiger partial charge in [-0.25, -0.2) is 4.98 Å². The van der Waals surface area contributed by atoms with Gasteiger partial charge in [-0.15, -0.1) is 0 Å². The van der Waals surface area contributed by atoms with E-state index in [0.717, 1.165) is 66.7 Å². The van der Waals surface area contributed by atoms with Gasteiger partial charge in [-0.2, -0.15) is 0 Å². The second-order valence-electron chi connectivity index (χ2n) is 9.24. The van der Waals surface area contributed by atoms with Gasteiger partial charge in [0, 0.05) is 46.1 Å². The quantitative estimate of drug-likeness (QED) is 0.251. The molecule has 178 valence electrons. The van der Waals surface area contributed by atoms with E-state index in [9.17, 15) is 0 Å². The van der Waals surface area contributed by atoms with E-state index in [0.29, 0.717) is 0 Å². The topological polar surface area (TPSA) is 51.6 Å². The molecule has 3 aromatic carbocycles. The summed E-state index contributed by atoms with van der Waals surface area (Å²) < 4.78 is 0. The SMILES string of the molecule is c1ccc(-c2ccc(-c3cc(-c4ccc5ncccc5c4)nc(-c4ccc5ncccc5c4)c3)cc2)nc1. The Hall–Kier alpha value is -5.22. The maximum absolute atomic E-state index is 5.13. The Kier molecular flexibility index (Phi) is 5.41. The van der Waals surface area contributed by atoms with Crippen LogP contribution in [0.1, 0.15) is 0 Å². The lowest BCUT2D eigenvalue weighted by Gasteiger charge is -2.12. The molecule has 0 aliphatic heterocycles. The lowest BCUT2D eigenvalue weighted by atomic mass is 9.97. The number of aromatic nitrogens is 4. The molecule has 7 aromatic rings. The van der Waals surface area contributed by atoms with Crippen molar-refractivity contribution < 1.29 is 0 Å². The Morgan fingerprint density at radius 1 is 0.342 bits per heavy atom. The number of nitrogens with zero attached hydrogens (tertiary/aromatic N) is 4. The second kappa shape index (κ2) is 9.34. The summed E-state index contributed by atoms with van der Waals surface area (Å²) in [6.45, 7) is 0. The summed E-state index contributed by atoms with van der Waals surface area (Å²) in [6.07, 6.45) is 5.47. The predicted octanol–water partition coefficient (Wildman–Crippen LogP) is 8.24. The van der Waals surface area contributed by atoms with Crippen LogP contribution >= 0.6 is 0 Å². The first-order valence-corrected chi connectivity index (χ1v) is 12.5. The van der Waals surface area contributed by atoms with Crippen LogP contribution in [0.25, 0.3) is 66.7 Å². The van der Waals surface area contributed by atoms with Crippen molar-refractivity contribution in [2.24, 2.45) is 0 Å². The summed E-state index contributed by atoms with van der Waals surface area (Å²) in [4.78, 5) is 18.6. The van der Waals surface area contributed by atoms with Crippen LogP contribution in [0.5, 0.6) is 0 Å². The second-order valence-corrected chi connectivity index (χ2v) is 9.24. The third kappa shape index (κ3) is 4.18. The summed E-state index contributed by atoms with van der Waals surface area (Å²) >= 11 is 0. The molecule has 0 aliphatic rings. The van der Waals surface area contributed by atoms with Gasteiger partial charge >= 0.3 is 0 Å². The Balaban J connectivity index is 1.38. The van der Waals surface area contributed by atoms with E-state index in [4.69, 9.17) is 4.98 Å². The molecule has 4 heterocycles. The first kappa shape index (κ1) is 22.0. The fraction of sp³-hybridized carbons (Fsp3) is 0. The summed E-state index contributed by atoms with van der Waals surface area (Å²) in [5, 5.41) is 2.19. The first-order chi connectivity index (χ1) is 18.8. The normalized spacial score (nSPS) is 11.2. The molecule has 0 aliphatic carbocycles. The molecular weight excluding hydrogens is 464 g/mol. The van der Waals surface area contributed by atoms with E-state index in [1.165, 1.54) is 0 Å². The highest BCUT2D eigenvalue weighted by Gasteiger charge is 2.11. The van der Waals surface area contributed by atoms with Crippen LogP contribution in [0, 0.1) is 0 Å². The molecule has 0 fully saturated rings. The molecule has 4 aromatic heterocycles. The molecule has 4 heteroatoms. The molecule has 0 unspecified atom stereocenters. The van der Waals surface area contributed by atoms with Crippen LogP contribution in [0.4, 0.5) is 0 Å². The van der Waals surface area contributed by atoms with Crippen LogP contribution < -0.4 is 0 Å². The summed E-state index contributed by atoms with van der Waals surface area (Å²) in [5.74, 6) is 0. The maximum Gasteiger partial charge on any atom is 0.0715 e. The molecule has 0 saturated carbocycles. The minimum atomic E-state index is 0.920. The van der Waals surface area contributed by atoms with Gasteiger partial charge in [0.05, 0.1) is 28.1 Å². The van der Waals surface area contributed by atoms with E-state index < -0.39 is 0 Å². The number of fused-ring (bicyclic) bond motifs is 2. The smallest absolute Gasteiger partial charge is 0.0715 e. The summed E-state index contributed by atoms with van der Waals surface area (Å²) in [6, 6.07) is 39.6. The van der Waals surface area contributed by atoms with Gasteiger partial charge < -0.3 is 0 Å². The van der Waals surface area contributed by atoms with Crippen molar-refractivity contribution in [3.8, 4) is 44.9 Å². The standard InChI is InChI=1S/C34H22N4/c1-2-16-35-30(7-1)24-10-8-23(9-11-24)29-21-33(27-12-14-31-25(19-27)5-3-17-36-31)38-34(22-29)28-13-15-32-26(20-28)6-4-18-37-32/h1-22H. The zero-order valence-electron chi connectivity index (χ0n) is 20.5. The largest absolute Gasteiger partial charge is 0.256 e. The Morgan fingerprint density at radius 3 is 1.47 bits per heavy atom. The summed E-state index contributed by atoms with van der Waals surface area (Å²) in [7, 11) is 0. The lowest BCUT2D eigenvalue weighted by Crippen LogP contribution is -1.92. The molecule has 7 rings (SSSR count). The molecule has 0 bridgehead atoms. The minimum Gasteiger partial charge on any atom is -0.256 e.